The van der Waals surface area contributed by atoms with Gasteiger partial charge >= 0.3 is 0 Å². The van der Waals surface area contributed by atoms with Gasteiger partial charge in [0.1, 0.15) is 5.82 Å². The number of aromatic amines is 1. The van der Waals surface area contributed by atoms with E-state index >= 15 is 0 Å². The second-order valence-electron chi connectivity index (χ2n) is 4.87. The van der Waals surface area contributed by atoms with E-state index in [1.54, 1.807) is 0 Å². The molecule has 1 atom stereocenters. The minimum absolute atomic E-state index is 0.565. The third-order valence-corrected chi connectivity index (χ3v) is 3.55. The van der Waals surface area contributed by atoms with Crippen LogP contribution in [0.25, 0.3) is 0 Å². The molecule has 0 saturated heterocycles. The molecule has 0 amide bonds. The van der Waals surface area contributed by atoms with Crippen LogP contribution >= 0.6 is 0 Å². The molecule has 0 fully saturated rings. The van der Waals surface area contributed by atoms with Crippen LogP contribution in [0.4, 0.5) is 5.82 Å². The molecule has 0 radical (unpaired) electrons. The topological polar surface area (TPSA) is 53.6 Å². The van der Waals surface area contributed by atoms with Gasteiger partial charge in [-0.25, -0.2) is 4.98 Å². The number of pyridine rings is 1. The zero-order chi connectivity index (χ0) is 12.2. The van der Waals surface area contributed by atoms with Crippen LogP contribution in [-0.2, 0) is 12.8 Å². The Labute approximate surface area is 107 Å². The normalized spacial score (nSPS) is 18.1. The number of H-pyrrole nitrogens is 1. The van der Waals surface area contributed by atoms with Crippen LogP contribution < -0.4 is 5.32 Å². The number of rotatable bonds is 4. The van der Waals surface area contributed by atoms with Crippen molar-refractivity contribution in [2.75, 3.05) is 5.32 Å². The van der Waals surface area contributed by atoms with E-state index in [-0.39, 0.29) is 0 Å². The molecule has 0 bridgehead atoms. The van der Waals surface area contributed by atoms with Crippen molar-refractivity contribution < 1.29 is 0 Å². The number of hydrogen-bond acceptors (Lipinski definition) is 3. The van der Waals surface area contributed by atoms with Gasteiger partial charge in [0.15, 0.2) is 0 Å². The monoisotopic (exact) mass is 242 g/mol. The molecule has 4 nitrogen and oxygen atoms in total. The van der Waals surface area contributed by atoms with Gasteiger partial charge in [0.25, 0.3) is 0 Å². The zero-order valence-corrected chi connectivity index (χ0v) is 10.4. The highest BCUT2D eigenvalue weighted by atomic mass is 15.1. The van der Waals surface area contributed by atoms with E-state index < -0.39 is 0 Å². The molecule has 18 heavy (non-hydrogen) atoms. The van der Waals surface area contributed by atoms with Crippen molar-refractivity contribution in [1.82, 2.24) is 15.2 Å². The molecule has 0 saturated carbocycles. The number of nitrogens with one attached hydrogen (secondary N) is 2. The lowest BCUT2D eigenvalue weighted by Gasteiger charge is -2.25. The van der Waals surface area contributed by atoms with E-state index in [0.29, 0.717) is 6.04 Å². The first-order chi connectivity index (χ1) is 8.92. The number of aromatic nitrogens is 3. The van der Waals surface area contributed by atoms with Crippen LogP contribution in [0.5, 0.6) is 0 Å². The molecule has 2 aromatic heterocycles. The minimum Gasteiger partial charge on any atom is -0.367 e. The molecule has 4 heteroatoms. The number of fused-ring (bicyclic) bond motifs is 1. The number of anilines is 1. The molecule has 94 valence electrons. The smallest absolute Gasteiger partial charge is 0.129 e. The fourth-order valence-corrected chi connectivity index (χ4v) is 2.54. The Bertz CT molecular complexity index is 492. The first kappa shape index (κ1) is 11.3. The summed E-state index contributed by atoms with van der Waals surface area (Å²) in [4.78, 5) is 4.40. The van der Waals surface area contributed by atoms with Crippen LogP contribution in [0.2, 0.25) is 0 Å². The first-order valence-corrected chi connectivity index (χ1v) is 6.60. The average molecular weight is 242 g/mol. The summed E-state index contributed by atoms with van der Waals surface area (Å²) >= 11 is 0. The summed E-state index contributed by atoms with van der Waals surface area (Å²) in [6.07, 6.45) is 9.48. The largest absolute Gasteiger partial charge is 0.367 e. The maximum absolute atomic E-state index is 4.40. The van der Waals surface area contributed by atoms with Gasteiger partial charge in [-0.15, -0.1) is 0 Å². The summed E-state index contributed by atoms with van der Waals surface area (Å²) in [7, 11) is 0. The molecule has 3 heterocycles. The fraction of sp³-hybridized carbons (Fsp3) is 0.429. The molecular formula is C14H18N4. The lowest BCUT2D eigenvalue weighted by Crippen LogP contribution is -2.26. The maximum atomic E-state index is 4.40. The van der Waals surface area contributed by atoms with Crippen LogP contribution in [-0.4, -0.2) is 21.2 Å². The fourth-order valence-electron chi connectivity index (χ4n) is 2.54. The van der Waals surface area contributed by atoms with E-state index in [4.69, 9.17) is 0 Å². The van der Waals surface area contributed by atoms with Gasteiger partial charge in [-0.1, -0.05) is 6.07 Å². The standard InChI is InChI=1S/C14H18N4/c1(5-13-8-10-16-18-13)4-12-7-6-11-3-2-9-15-14(11)17-12/h2-3,8-10,12H,1,4-7H2,(H,15,17)(H,16,18)/t12-/m1/s1. The molecule has 0 aliphatic carbocycles. The number of nitrogens with zero attached hydrogens (tertiary/aromatic N) is 2. The lowest BCUT2D eigenvalue weighted by atomic mass is 9.97. The Kier molecular flexibility index (Phi) is 3.26. The second-order valence-corrected chi connectivity index (χ2v) is 4.87. The summed E-state index contributed by atoms with van der Waals surface area (Å²) in [6.45, 7) is 0. The van der Waals surface area contributed by atoms with Crippen molar-refractivity contribution in [2.24, 2.45) is 0 Å². The summed E-state index contributed by atoms with van der Waals surface area (Å²) in [5.41, 5.74) is 2.58. The van der Waals surface area contributed by atoms with Crippen LogP contribution in [0.3, 0.4) is 0 Å². The molecule has 3 rings (SSSR count). The summed E-state index contributed by atoms with van der Waals surface area (Å²) in [6, 6.07) is 6.79. The Hall–Kier alpha value is -1.84. The molecule has 0 unspecified atom stereocenters. The molecule has 0 aromatic carbocycles. The highest BCUT2D eigenvalue weighted by molar-refractivity contribution is 5.46. The molecular weight excluding hydrogens is 224 g/mol. The molecule has 2 N–H and O–H groups in total. The summed E-state index contributed by atoms with van der Waals surface area (Å²) in [5, 5.41) is 10.5. The first-order valence-electron chi connectivity index (χ1n) is 6.60. The van der Waals surface area contributed by atoms with E-state index in [1.807, 2.05) is 24.5 Å². The molecule has 1 aliphatic heterocycles. The Morgan fingerprint density at radius 3 is 3.17 bits per heavy atom. The van der Waals surface area contributed by atoms with Crippen molar-refractivity contribution >= 4 is 5.82 Å². The minimum atomic E-state index is 0.565. The van der Waals surface area contributed by atoms with Gasteiger partial charge in [0, 0.05) is 24.1 Å². The van der Waals surface area contributed by atoms with Crippen molar-refractivity contribution in [3.63, 3.8) is 0 Å². The highest BCUT2D eigenvalue weighted by Crippen LogP contribution is 2.24. The highest BCUT2D eigenvalue weighted by Gasteiger charge is 2.17. The van der Waals surface area contributed by atoms with Gasteiger partial charge in [0.2, 0.25) is 0 Å². The Balaban J connectivity index is 1.51. The van der Waals surface area contributed by atoms with Gasteiger partial charge in [-0.3, -0.25) is 5.10 Å². The van der Waals surface area contributed by atoms with Crippen molar-refractivity contribution in [3.8, 4) is 0 Å². The molecule has 1 aliphatic rings. The SMILES string of the molecule is c1cnc2c(c1)CC[C@@H](CCCc1ccn[nH]1)N2. The zero-order valence-electron chi connectivity index (χ0n) is 10.4. The van der Waals surface area contributed by atoms with Crippen LogP contribution in [0.15, 0.2) is 30.6 Å². The quantitative estimate of drug-likeness (QED) is 0.866. The van der Waals surface area contributed by atoms with Gasteiger partial charge < -0.3 is 5.32 Å². The third-order valence-electron chi connectivity index (χ3n) is 3.55. The lowest BCUT2D eigenvalue weighted by molar-refractivity contribution is 0.557. The van der Waals surface area contributed by atoms with E-state index in [2.05, 4.69) is 26.6 Å². The van der Waals surface area contributed by atoms with Gasteiger partial charge in [0.05, 0.1) is 0 Å². The van der Waals surface area contributed by atoms with Gasteiger partial charge in [-0.2, -0.15) is 5.10 Å². The van der Waals surface area contributed by atoms with E-state index in [0.717, 1.165) is 18.7 Å². The average Bonchev–Trinajstić information content (AvgIpc) is 2.92. The van der Waals surface area contributed by atoms with E-state index in [1.165, 1.54) is 30.5 Å². The van der Waals surface area contributed by atoms with Crippen molar-refractivity contribution in [1.29, 1.82) is 0 Å². The Morgan fingerprint density at radius 1 is 1.28 bits per heavy atom. The number of aryl methyl sites for hydroxylation is 2. The third kappa shape index (κ3) is 2.53. The Morgan fingerprint density at radius 2 is 2.28 bits per heavy atom. The van der Waals surface area contributed by atoms with Crippen molar-refractivity contribution in [2.45, 2.75) is 38.1 Å². The van der Waals surface area contributed by atoms with Gasteiger partial charge in [-0.05, 0) is 49.8 Å². The van der Waals surface area contributed by atoms with Crippen LogP contribution in [0.1, 0.15) is 30.5 Å². The van der Waals surface area contributed by atoms with E-state index in [9.17, 15) is 0 Å². The summed E-state index contributed by atoms with van der Waals surface area (Å²) < 4.78 is 0. The predicted molar refractivity (Wildman–Crippen MR) is 71.5 cm³/mol. The van der Waals surface area contributed by atoms with Crippen molar-refractivity contribution in [3.05, 3.63) is 41.9 Å². The summed E-state index contributed by atoms with van der Waals surface area (Å²) in [5.74, 6) is 1.08. The maximum Gasteiger partial charge on any atom is 0.129 e. The van der Waals surface area contributed by atoms with Crippen LogP contribution in [0, 0.1) is 0 Å². The molecule has 0 spiro atoms. The molecule has 2 aromatic rings. The number of hydrogen-bond donors (Lipinski definition) is 2. The second kappa shape index (κ2) is 5.21. The predicted octanol–water partition coefficient (Wildman–Crippen LogP) is 2.55.